The van der Waals surface area contributed by atoms with Gasteiger partial charge in [0.1, 0.15) is 5.65 Å². The Morgan fingerprint density at radius 1 is 1.38 bits per heavy atom. The monoisotopic (exact) mass is 174 g/mol. The summed E-state index contributed by atoms with van der Waals surface area (Å²) in [6.45, 7) is 0. The van der Waals surface area contributed by atoms with Crippen molar-refractivity contribution in [2.45, 2.75) is 0 Å². The summed E-state index contributed by atoms with van der Waals surface area (Å²) in [5, 5.41) is 0. The maximum absolute atomic E-state index is 11.5. The molecule has 2 aromatic rings. The van der Waals surface area contributed by atoms with Crippen molar-refractivity contribution in [3.63, 3.8) is 0 Å². The van der Waals surface area contributed by atoms with E-state index in [2.05, 4.69) is 4.98 Å². The van der Waals surface area contributed by atoms with Gasteiger partial charge >= 0.3 is 0 Å². The summed E-state index contributed by atoms with van der Waals surface area (Å²) in [4.78, 5) is 25.8. The molecule has 64 valence electrons. The predicted molar refractivity (Wildman–Crippen MR) is 46.8 cm³/mol. The lowest BCUT2D eigenvalue weighted by atomic mass is 10.3. The molecule has 13 heavy (non-hydrogen) atoms. The molecule has 4 nitrogen and oxygen atoms in total. The van der Waals surface area contributed by atoms with Crippen LogP contribution in [0.1, 0.15) is 10.4 Å². The molecule has 0 N–H and O–H groups in total. The quantitative estimate of drug-likeness (QED) is 0.592. The maximum Gasteiger partial charge on any atom is 0.268 e. The third-order valence-electron chi connectivity index (χ3n) is 1.77. The first-order valence-corrected chi connectivity index (χ1v) is 3.74. The van der Waals surface area contributed by atoms with Crippen LogP contribution in [-0.4, -0.2) is 15.7 Å². The molecule has 0 amide bonds. The second-order valence-corrected chi connectivity index (χ2v) is 2.57. The van der Waals surface area contributed by atoms with E-state index in [1.165, 1.54) is 10.6 Å². The third-order valence-corrected chi connectivity index (χ3v) is 1.77. The van der Waals surface area contributed by atoms with Gasteiger partial charge < -0.3 is 0 Å². The topological polar surface area (TPSA) is 51.4 Å². The van der Waals surface area contributed by atoms with Crippen molar-refractivity contribution in [1.82, 2.24) is 9.38 Å². The Labute approximate surface area is 73.5 Å². The standard InChI is InChI=1S/C9H6N2O2/c12-6-7-5-10-8-3-1-2-4-11(8)9(7)13/h1-6H. The number of rotatable bonds is 1. The molecule has 0 saturated heterocycles. The summed E-state index contributed by atoms with van der Waals surface area (Å²) in [7, 11) is 0. The lowest BCUT2D eigenvalue weighted by molar-refractivity contribution is 0.112. The summed E-state index contributed by atoms with van der Waals surface area (Å²) in [6.07, 6.45) is 3.37. The van der Waals surface area contributed by atoms with E-state index in [-0.39, 0.29) is 11.1 Å². The third kappa shape index (κ3) is 1.12. The van der Waals surface area contributed by atoms with Crippen molar-refractivity contribution in [3.05, 3.63) is 46.5 Å². The number of hydrogen-bond acceptors (Lipinski definition) is 3. The van der Waals surface area contributed by atoms with Crippen molar-refractivity contribution in [2.75, 3.05) is 0 Å². The molecule has 2 rings (SSSR count). The molecule has 2 heterocycles. The van der Waals surface area contributed by atoms with E-state index in [0.717, 1.165) is 0 Å². The van der Waals surface area contributed by atoms with E-state index < -0.39 is 0 Å². The summed E-state index contributed by atoms with van der Waals surface area (Å²) >= 11 is 0. The molecular weight excluding hydrogens is 168 g/mol. The van der Waals surface area contributed by atoms with Crippen LogP contribution in [0.2, 0.25) is 0 Å². The SMILES string of the molecule is O=Cc1cnc2ccccn2c1=O. The largest absolute Gasteiger partial charge is 0.298 e. The number of carbonyl (C=O) groups is 1. The lowest BCUT2D eigenvalue weighted by Crippen LogP contribution is -2.18. The number of pyridine rings is 1. The minimum absolute atomic E-state index is 0.0729. The van der Waals surface area contributed by atoms with Crippen LogP contribution in [0, 0.1) is 0 Å². The Bertz CT molecular complexity index is 516. The van der Waals surface area contributed by atoms with Gasteiger partial charge in [0.15, 0.2) is 6.29 Å². The highest BCUT2D eigenvalue weighted by Crippen LogP contribution is 1.95. The highest BCUT2D eigenvalue weighted by atomic mass is 16.1. The maximum atomic E-state index is 11.5. The molecule has 0 unspecified atom stereocenters. The molecule has 0 aliphatic heterocycles. The number of aldehydes is 1. The van der Waals surface area contributed by atoms with Gasteiger partial charge in [-0.1, -0.05) is 6.07 Å². The zero-order chi connectivity index (χ0) is 9.26. The van der Waals surface area contributed by atoms with Crippen LogP contribution in [0.15, 0.2) is 35.4 Å². The second kappa shape index (κ2) is 2.82. The van der Waals surface area contributed by atoms with Crippen LogP contribution >= 0.6 is 0 Å². The van der Waals surface area contributed by atoms with Crippen LogP contribution in [0.25, 0.3) is 5.65 Å². The molecule has 0 radical (unpaired) electrons. The summed E-state index contributed by atoms with van der Waals surface area (Å²) in [6, 6.07) is 5.20. The summed E-state index contributed by atoms with van der Waals surface area (Å²) < 4.78 is 1.34. The molecule has 0 aromatic carbocycles. The Morgan fingerprint density at radius 3 is 3.00 bits per heavy atom. The molecular formula is C9H6N2O2. The van der Waals surface area contributed by atoms with Gasteiger partial charge in [0.25, 0.3) is 5.56 Å². The smallest absolute Gasteiger partial charge is 0.268 e. The number of nitrogens with zero attached hydrogens (tertiary/aromatic N) is 2. The van der Waals surface area contributed by atoms with Gasteiger partial charge in [-0.25, -0.2) is 4.98 Å². The van der Waals surface area contributed by atoms with Gasteiger partial charge in [0.2, 0.25) is 0 Å². The van der Waals surface area contributed by atoms with Crippen LogP contribution < -0.4 is 5.56 Å². The zero-order valence-corrected chi connectivity index (χ0v) is 6.68. The van der Waals surface area contributed by atoms with Crippen molar-refractivity contribution in [1.29, 1.82) is 0 Å². The van der Waals surface area contributed by atoms with Crippen molar-refractivity contribution in [3.8, 4) is 0 Å². The molecule has 2 aromatic heterocycles. The minimum atomic E-state index is -0.333. The fourth-order valence-corrected chi connectivity index (χ4v) is 1.12. The minimum Gasteiger partial charge on any atom is -0.298 e. The van der Waals surface area contributed by atoms with Gasteiger partial charge in [-0.15, -0.1) is 0 Å². The van der Waals surface area contributed by atoms with Crippen LogP contribution in [0.3, 0.4) is 0 Å². The zero-order valence-electron chi connectivity index (χ0n) is 6.68. The van der Waals surface area contributed by atoms with Gasteiger partial charge in [0, 0.05) is 12.4 Å². The Hall–Kier alpha value is -1.97. The van der Waals surface area contributed by atoms with E-state index in [1.807, 2.05) is 0 Å². The van der Waals surface area contributed by atoms with Crippen LogP contribution in [0.4, 0.5) is 0 Å². The molecule has 0 saturated carbocycles. The fourth-order valence-electron chi connectivity index (χ4n) is 1.12. The van der Waals surface area contributed by atoms with E-state index in [0.29, 0.717) is 11.9 Å². The van der Waals surface area contributed by atoms with E-state index in [9.17, 15) is 9.59 Å². The number of fused-ring (bicyclic) bond motifs is 1. The van der Waals surface area contributed by atoms with Crippen molar-refractivity contribution in [2.24, 2.45) is 0 Å². The molecule has 0 bridgehead atoms. The molecule has 0 aliphatic rings. The molecule has 4 heteroatoms. The molecule has 0 fully saturated rings. The number of carbonyl (C=O) groups excluding carboxylic acids is 1. The second-order valence-electron chi connectivity index (χ2n) is 2.57. The highest BCUT2D eigenvalue weighted by molar-refractivity contribution is 5.73. The van der Waals surface area contributed by atoms with Gasteiger partial charge in [-0.05, 0) is 12.1 Å². The van der Waals surface area contributed by atoms with Gasteiger partial charge in [-0.3, -0.25) is 14.0 Å². The molecule has 0 aliphatic carbocycles. The number of hydrogen-bond donors (Lipinski definition) is 0. The Balaban J connectivity index is 2.95. The van der Waals surface area contributed by atoms with Crippen LogP contribution in [-0.2, 0) is 0 Å². The van der Waals surface area contributed by atoms with E-state index >= 15 is 0 Å². The first kappa shape index (κ1) is 7.67. The fraction of sp³-hybridized carbons (Fsp3) is 0. The summed E-state index contributed by atoms with van der Waals surface area (Å²) in [5.41, 5.74) is 0.280. The summed E-state index contributed by atoms with van der Waals surface area (Å²) in [5.74, 6) is 0. The normalized spacial score (nSPS) is 10.2. The van der Waals surface area contributed by atoms with Crippen LogP contribution in [0.5, 0.6) is 0 Å². The first-order valence-electron chi connectivity index (χ1n) is 3.74. The number of aromatic nitrogens is 2. The lowest BCUT2D eigenvalue weighted by Gasteiger charge is -1.97. The predicted octanol–water partition coefficient (Wildman–Crippen LogP) is 0.507. The molecule has 0 spiro atoms. The van der Waals surface area contributed by atoms with Crippen molar-refractivity contribution < 1.29 is 4.79 Å². The Kier molecular flexibility index (Phi) is 1.66. The van der Waals surface area contributed by atoms with E-state index in [4.69, 9.17) is 0 Å². The van der Waals surface area contributed by atoms with Gasteiger partial charge in [0.05, 0.1) is 5.56 Å². The highest BCUT2D eigenvalue weighted by Gasteiger charge is 2.01. The first-order chi connectivity index (χ1) is 6.33. The average molecular weight is 174 g/mol. The Morgan fingerprint density at radius 2 is 2.23 bits per heavy atom. The van der Waals surface area contributed by atoms with E-state index in [1.54, 1.807) is 24.4 Å². The van der Waals surface area contributed by atoms with Crippen molar-refractivity contribution >= 4 is 11.9 Å². The average Bonchev–Trinajstić information content (AvgIpc) is 2.19. The van der Waals surface area contributed by atoms with Gasteiger partial charge in [-0.2, -0.15) is 0 Å². The molecule has 0 atom stereocenters.